The highest BCUT2D eigenvalue weighted by Gasteiger charge is 2.38. The van der Waals surface area contributed by atoms with Crippen LogP contribution in [0, 0.1) is 5.92 Å². The van der Waals surface area contributed by atoms with Crippen molar-refractivity contribution in [3.63, 3.8) is 0 Å². The molecular weight excluding hydrogens is 464 g/mol. The van der Waals surface area contributed by atoms with Crippen LogP contribution in [0.15, 0.2) is 12.2 Å². The van der Waals surface area contributed by atoms with Crippen LogP contribution in [-0.2, 0) is 14.4 Å². The van der Waals surface area contributed by atoms with Crippen molar-refractivity contribution in [2.45, 2.75) is 148 Å². The lowest BCUT2D eigenvalue weighted by atomic mass is 9.87. The summed E-state index contributed by atoms with van der Waals surface area (Å²) in [7, 11) is 0. The second kappa shape index (κ2) is 15.6. The molecule has 3 amide bonds. The molecule has 0 aromatic rings. The Balaban J connectivity index is 1.40. The maximum absolute atomic E-state index is 12.7. The summed E-state index contributed by atoms with van der Waals surface area (Å²) in [4.78, 5) is 40.3. The molecule has 0 spiro atoms. The topological polar surface area (TPSA) is 81.8 Å². The highest BCUT2D eigenvalue weighted by atomic mass is 16.2. The third kappa shape index (κ3) is 9.51. The normalized spacial score (nSPS) is 25.6. The van der Waals surface area contributed by atoms with Crippen LogP contribution in [0.3, 0.4) is 0 Å². The molecule has 3 aliphatic rings. The van der Waals surface area contributed by atoms with Crippen LogP contribution in [0.1, 0.15) is 124 Å². The Labute approximate surface area is 225 Å². The molecule has 7 heteroatoms. The predicted molar refractivity (Wildman–Crippen MR) is 149 cm³/mol. The van der Waals surface area contributed by atoms with Crippen LogP contribution in [-0.4, -0.2) is 58.3 Å². The van der Waals surface area contributed by atoms with Crippen LogP contribution >= 0.6 is 0 Å². The summed E-state index contributed by atoms with van der Waals surface area (Å²) in [6, 6.07) is 2.17. The van der Waals surface area contributed by atoms with Crippen molar-refractivity contribution in [3.05, 3.63) is 12.2 Å². The molecule has 0 aromatic carbocycles. The lowest BCUT2D eigenvalue weighted by Gasteiger charge is -2.40. The zero-order valence-corrected chi connectivity index (χ0v) is 23.7. The first-order chi connectivity index (χ1) is 17.9. The molecule has 7 nitrogen and oxygen atoms in total. The van der Waals surface area contributed by atoms with Gasteiger partial charge in [0.05, 0.1) is 5.92 Å². The molecule has 3 rings (SSSR count). The zero-order chi connectivity index (χ0) is 26.6. The van der Waals surface area contributed by atoms with E-state index in [4.69, 9.17) is 0 Å². The molecule has 1 unspecified atom stereocenters. The Hall–Kier alpha value is -1.73. The predicted octanol–water partition coefficient (Wildman–Crippen LogP) is 5.25. The van der Waals surface area contributed by atoms with E-state index in [1.165, 1.54) is 64.2 Å². The minimum absolute atomic E-state index is 0.140. The molecule has 210 valence electrons. The molecule has 1 aliphatic heterocycles. The van der Waals surface area contributed by atoms with Gasteiger partial charge in [-0.2, -0.15) is 5.01 Å². The number of unbranched alkanes of at least 4 members (excludes halogenated alkanes) is 4. The maximum atomic E-state index is 12.7. The molecule has 1 atom stereocenters. The summed E-state index contributed by atoms with van der Waals surface area (Å²) in [5.41, 5.74) is 2.60. The summed E-state index contributed by atoms with van der Waals surface area (Å²) in [6.45, 7) is 7.21. The molecule has 1 heterocycles. The first kappa shape index (κ1) is 29.8. The molecule has 0 radical (unpaired) electrons. The number of allylic oxidation sites excluding steroid dienone is 1. The van der Waals surface area contributed by atoms with Gasteiger partial charge in [-0.1, -0.05) is 57.6 Å². The Morgan fingerprint density at radius 1 is 1.00 bits per heavy atom. The third-order valence-electron chi connectivity index (χ3n) is 8.51. The van der Waals surface area contributed by atoms with Gasteiger partial charge in [-0.25, -0.2) is 0 Å². The fourth-order valence-corrected chi connectivity index (χ4v) is 6.32. The second-order valence-corrected chi connectivity index (χ2v) is 11.8. The third-order valence-corrected chi connectivity index (χ3v) is 8.51. The quantitative estimate of drug-likeness (QED) is 0.187. The second-order valence-electron chi connectivity index (χ2n) is 11.8. The van der Waals surface area contributed by atoms with E-state index >= 15 is 0 Å². The van der Waals surface area contributed by atoms with E-state index in [2.05, 4.69) is 36.4 Å². The van der Waals surface area contributed by atoms with Crippen LogP contribution in [0.25, 0.3) is 0 Å². The number of hydrogen-bond acceptors (Lipinski definition) is 5. The number of rotatable bonds is 14. The van der Waals surface area contributed by atoms with E-state index in [1.54, 1.807) is 0 Å². The lowest BCUT2D eigenvalue weighted by Crippen LogP contribution is -2.50. The number of imide groups is 1. The number of amides is 3. The summed E-state index contributed by atoms with van der Waals surface area (Å²) < 4.78 is 0. The molecule has 0 aromatic heterocycles. The summed E-state index contributed by atoms with van der Waals surface area (Å²) in [6.07, 6.45) is 21.4. The van der Waals surface area contributed by atoms with Crippen molar-refractivity contribution in [2.24, 2.45) is 5.92 Å². The number of nitrogens with zero attached hydrogens (tertiary/aromatic N) is 2. The zero-order valence-electron chi connectivity index (χ0n) is 23.7. The number of hydrazine groups is 1. The van der Waals surface area contributed by atoms with E-state index in [0.717, 1.165) is 30.7 Å². The number of carbonyl (C=O) groups excluding carboxylic acids is 3. The highest BCUT2D eigenvalue weighted by molar-refractivity contribution is 6.05. The van der Waals surface area contributed by atoms with Crippen molar-refractivity contribution in [3.8, 4) is 0 Å². The van der Waals surface area contributed by atoms with Crippen molar-refractivity contribution in [1.29, 1.82) is 0 Å². The van der Waals surface area contributed by atoms with Gasteiger partial charge >= 0.3 is 0 Å². The molecule has 0 bridgehead atoms. The molecule has 2 saturated carbocycles. The van der Waals surface area contributed by atoms with Gasteiger partial charge < -0.3 is 5.32 Å². The van der Waals surface area contributed by atoms with E-state index in [0.29, 0.717) is 30.7 Å². The van der Waals surface area contributed by atoms with Gasteiger partial charge in [0, 0.05) is 43.6 Å². The van der Waals surface area contributed by atoms with Crippen LogP contribution in [0.2, 0.25) is 0 Å². The minimum Gasteiger partial charge on any atom is -0.311 e. The van der Waals surface area contributed by atoms with Crippen molar-refractivity contribution in [2.75, 3.05) is 6.54 Å². The lowest BCUT2D eigenvalue weighted by molar-refractivity contribution is -0.148. The summed E-state index contributed by atoms with van der Waals surface area (Å²) in [5.74, 6) is -1.34. The molecular formula is C30H52N4O3. The Kier molecular flexibility index (Phi) is 12.6. The highest BCUT2D eigenvalue weighted by Crippen LogP contribution is 2.27. The standard InChI is InChI=1S/C30H52N4O3/c1-4-5-6-7-8-10-13-24-22-29(36)34(30(24)37)32-28(35)20-21-33(23(2)3)27-18-16-26(17-19-27)31-25-14-11-9-12-15-25/h10,13,23-27,31H,4-9,11-12,14-22H2,1-3H3,(H,32,35)/b13-10+. The Morgan fingerprint density at radius 3 is 2.38 bits per heavy atom. The van der Waals surface area contributed by atoms with Crippen LogP contribution in [0.4, 0.5) is 0 Å². The maximum Gasteiger partial charge on any atom is 0.255 e. The van der Waals surface area contributed by atoms with Crippen molar-refractivity contribution < 1.29 is 14.4 Å². The van der Waals surface area contributed by atoms with E-state index < -0.39 is 5.92 Å². The number of carbonyl (C=O) groups is 3. The smallest absolute Gasteiger partial charge is 0.255 e. The van der Waals surface area contributed by atoms with Gasteiger partial charge in [-0.15, -0.1) is 0 Å². The van der Waals surface area contributed by atoms with Crippen LogP contribution in [0.5, 0.6) is 0 Å². The molecule has 2 aliphatic carbocycles. The Bertz CT molecular complexity index is 754. The first-order valence-electron chi connectivity index (χ1n) is 15.2. The molecule has 1 saturated heterocycles. The average Bonchev–Trinajstić information content (AvgIpc) is 3.15. The monoisotopic (exact) mass is 516 g/mol. The van der Waals surface area contributed by atoms with E-state index in [9.17, 15) is 14.4 Å². The number of hydrogen-bond donors (Lipinski definition) is 2. The fourth-order valence-electron chi connectivity index (χ4n) is 6.32. The van der Waals surface area contributed by atoms with Gasteiger partial charge in [0.2, 0.25) is 11.8 Å². The molecule has 37 heavy (non-hydrogen) atoms. The van der Waals surface area contributed by atoms with Gasteiger partial charge in [0.25, 0.3) is 5.91 Å². The van der Waals surface area contributed by atoms with Gasteiger partial charge in [-0.3, -0.25) is 24.7 Å². The van der Waals surface area contributed by atoms with Gasteiger partial charge in [0.1, 0.15) is 0 Å². The van der Waals surface area contributed by atoms with Gasteiger partial charge in [0.15, 0.2) is 0 Å². The van der Waals surface area contributed by atoms with E-state index in [1.807, 2.05) is 12.2 Å². The fraction of sp³-hybridized carbons (Fsp3) is 0.833. The van der Waals surface area contributed by atoms with E-state index in [-0.39, 0.29) is 30.6 Å². The average molecular weight is 517 g/mol. The van der Waals surface area contributed by atoms with Crippen molar-refractivity contribution in [1.82, 2.24) is 20.7 Å². The largest absolute Gasteiger partial charge is 0.311 e. The Morgan fingerprint density at radius 2 is 1.70 bits per heavy atom. The summed E-state index contributed by atoms with van der Waals surface area (Å²) >= 11 is 0. The summed E-state index contributed by atoms with van der Waals surface area (Å²) in [5, 5.41) is 4.87. The van der Waals surface area contributed by atoms with Crippen LogP contribution < -0.4 is 10.7 Å². The van der Waals surface area contributed by atoms with Crippen molar-refractivity contribution >= 4 is 17.7 Å². The first-order valence-corrected chi connectivity index (χ1v) is 15.2. The molecule has 2 N–H and O–H groups in total. The minimum atomic E-state index is -0.455. The molecule has 3 fully saturated rings. The van der Waals surface area contributed by atoms with Gasteiger partial charge in [-0.05, 0) is 65.2 Å². The number of nitrogens with one attached hydrogen (secondary N) is 2. The SMILES string of the molecule is CCCCCC/C=C/C1CC(=O)N(NC(=O)CCN(C(C)C)C2CCC(NC3CCCCC3)CC2)C1=O.